The van der Waals surface area contributed by atoms with Gasteiger partial charge < -0.3 is 16.0 Å². The highest BCUT2D eigenvalue weighted by molar-refractivity contribution is 5.13. The number of aliphatic hydroxyl groups excluding tert-OH is 1. The maximum Gasteiger partial charge on any atom is 0.0845 e. The van der Waals surface area contributed by atoms with E-state index in [0.717, 1.165) is 5.70 Å². The molecule has 0 amide bonds. The van der Waals surface area contributed by atoms with Gasteiger partial charge in [0.2, 0.25) is 0 Å². The van der Waals surface area contributed by atoms with Gasteiger partial charge in [0, 0.05) is 6.20 Å². The summed E-state index contributed by atoms with van der Waals surface area (Å²) in [6.45, 7) is 0.0529. The molecule has 0 radical (unpaired) electrons. The smallest absolute Gasteiger partial charge is 0.0845 e. The van der Waals surface area contributed by atoms with Crippen LogP contribution in [0.15, 0.2) is 24.0 Å². The molecule has 0 aliphatic carbocycles. The van der Waals surface area contributed by atoms with E-state index in [-0.39, 0.29) is 6.61 Å². The van der Waals surface area contributed by atoms with E-state index < -0.39 is 0 Å². The summed E-state index contributed by atoms with van der Waals surface area (Å²) in [5, 5.41) is 8.49. The summed E-state index contributed by atoms with van der Waals surface area (Å²) in [4.78, 5) is 0. The molecule has 3 heteroatoms. The second-order valence-electron chi connectivity index (χ2n) is 1.48. The molecule has 1 aliphatic heterocycles. The average molecular weight is 112 g/mol. The monoisotopic (exact) mass is 112 g/mol. The van der Waals surface area contributed by atoms with Crippen LogP contribution in [0.25, 0.3) is 0 Å². The van der Waals surface area contributed by atoms with Gasteiger partial charge in [-0.15, -0.1) is 0 Å². The third kappa shape index (κ3) is 1.01. The predicted octanol–water partition coefficient (Wildman–Crippen LogP) is -0.516. The zero-order chi connectivity index (χ0) is 5.82. The van der Waals surface area contributed by atoms with Crippen LogP contribution in [0.3, 0.4) is 0 Å². The van der Waals surface area contributed by atoms with E-state index in [9.17, 15) is 0 Å². The Morgan fingerprint density at radius 1 is 1.62 bits per heavy atom. The second kappa shape index (κ2) is 2.37. The molecule has 3 nitrogen and oxygen atoms in total. The van der Waals surface area contributed by atoms with E-state index in [1.165, 1.54) is 0 Å². The van der Waals surface area contributed by atoms with Crippen LogP contribution in [0.4, 0.5) is 0 Å². The Kier molecular flexibility index (Phi) is 1.54. The molecule has 0 saturated carbocycles. The van der Waals surface area contributed by atoms with Gasteiger partial charge in [-0.1, -0.05) is 0 Å². The van der Waals surface area contributed by atoms with E-state index in [2.05, 4.69) is 10.9 Å². The van der Waals surface area contributed by atoms with Gasteiger partial charge in [0.25, 0.3) is 0 Å². The Balaban J connectivity index is 2.50. The van der Waals surface area contributed by atoms with Crippen molar-refractivity contribution in [3.8, 4) is 0 Å². The van der Waals surface area contributed by atoms with Crippen molar-refractivity contribution in [2.45, 2.75) is 0 Å². The molecular weight excluding hydrogens is 104 g/mol. The number of aliphatic hydroxyl groups is 1. The molecule has 1 aliphatic rings. The Hall–Kier alpha value is -0.960. The van der Waals surface area contributed by atoms with E-state index in [1.807, 2.05) is 6.08 Å². The van der Waals surface area contributed by atoms with Crippen LogP contribution < -0.4 is 10.9 Å². The van der Waals surface area contributed by atoms with E-state index >= 15 is 0 Å². The predicted molar refractivity (Wildman–Crippen MR) is 30.6 cm³/mol. The van der Waals surface area contributed by atoms with E-state index in [1.54, 1.807) is 12.3 Å². The minimum absolute atomic E-state index is 0.0529. The third-order valence-electron chi connectivity index (χ3n) is 0.880. The quantitative estimate of drug-likeness (QED) is 0.428. The van der Waals surface area contributed by atoms with Crippen molar-refractivity contribution in [1.29, 1.82) is 0 Å². The summed E-state index contributed by atoms with van der Waals surface area (Å²) in [6.07, 6.45) is 5.37. The molecule has 8 heavy (non-hydrogen) atoms. The fourth-order valence-electron chi connectivity index (χ4n) is 0.481. The maximum absolute atomic E-state index is 8.49. The molecule has 0 unspecified atom stereocenters. The lowest BCUT2D eigenvalue weighted by molar-refractivity contribution is 0.318. The fourth-order valence-corrected chi connectivity index (χ4v) is 0.481. The summed E-state index contributed by atoms with van der Waals surface area (Å²) in [6, 6.07) is 0. The average Bonchev–Trinajstić information content (AvgIpc) is 1.90. The zero-order valence-electron chi connectivity index (χ0n) is 4.39. The molecule has 0 spiro atoms. The molecule has 0 bridgehead atoms. The van der Waals surface area contributed by atoms with Gasteiger partial charge in [-0.05, 0) is 12.2 Å². The van der Waals surface area contributed by atoms with Crippen molar-refractivity contribution in [1.82, 2.24) is 10.9 Å². The molecule has 3 N–H and O–H groups in total. The van der Waals surface area contributed by atoms with E-state index in [0.29, 0.717) is 0 Å². The highest BCUT2D eigenvalue weighted by atomic mass is 16.3. The molecule has 0 aromatic rings. The molecule has 0 aromatic heterocycles. The Bertz CT molecular complexity index is 128. The van der Waals surface area contributed by atoms with Gasteiger partial charge in [0.1, 0.15) is 0 Å². The van der Waals surface area contributed by atoms with Crippen molar-refractivity contribution in [2.75, 3.05) is 6.61 Å². The van der Waals surface area contributed by atoms with Gasteiger partial charge in [0.05, 0.1) is 12.3 Å². The van der Waals surface area contributed by atoms with Crippen LogP contribution in [0.5, 0.6) is 0 Å². The first kappa shape index (κ1) is 5.18. The van der Waals surface area contributed by atoms with Crippen LogP contribution in [-0.4, -0.2) is 11.7 Å². The van der Waals surface area contributed by atoms with Crippen LogP contribution >= 0.6 is 0 Å². The lowest BCUT2D eigenvalue weighted by atomic mass is 10.4. The van der Waals surface area contributed by atoms with Gasteiger partial charge in [-0.3, -0.25) is 0 Å². The molecule has 0 saturated heterocycles. The van der Waals surface area contributed by atoms with Crippen LogP contribution in [0, 0.1) is 0 Å². The summed E-state index contributed by atoms with van der Waals surface area (Å²) >= 11 is 0. The molecule has 44 valence electrons. The topological polar surface area (TPSA) is 44.3 Å². The third-order valence-corrected chi connectivity index (χ3v) is 0.880. The first-order valence-electron chi connectivity index (χ1n) is 2.41. The number of nitrogens with one attached hydrogen (secondary N) is 2. The highest BCUT2D eigenvalue weighted by Crippen LogP contribution is 1.88. The summed E-state index contributed by atoms with van der Waals surface area (Å²) in [5.74, 6) is 0. The summed E-state index contributed by atoms with van der Waals surface area (Å²) in [5.41, 5.74) is 6.25. The Morgan fingerprint density at radius 2 is 2.50 bits per heavy atom. The largest absolute Gasteiger partial charge is 0.390 e. The van der Waals surface area contributed by atoms with Gasteiger partial charge >= 0.3 is 0 Å². The lowest BCUT2D eigenvalue weighted by Crippen LogP contribution is -2.29. The number of hydrogen-bond acceptors (Lipinski definition) is 3. The number of allylic oxidation sites excluding steroid dienone is 2. The molecule has 0 aromatic carbocycles. The van der Waals surface area contributed by atoms with Crippen LogP contribution in [0.1, 0.15) is 0 Å². The number of rotatable bonds is 1. The van der Waals surface area contributed by atoms with Crippen molar-refractivity contribution >= 4 is 0 Å². The SMILES string of the molecule is OCC1=CC=CNN1. The van der Waals surface area contributed by atoms with Crippen LogP contribution in [-0.2, 0) is 0 Å². The minimum Gasteiger partial charge on any atom is -0.390 e. The Morgan fingerprint density at radius 3 is 2.88 bits per heavy atom. The normalized spacial score (nSPS) is 16.4. The number of hydrogen-bond donors (Lipinski definition) is 3. The van der Waals surface area contributed by atoms with E-state index in [4.69, 9.17) is 5.11 Å². The van der Waals surface area contributed by atoms with Gasteiger partial charge in [-0.25, -0.2) is 0 Å². The first-order chi connectivity index (χ1) is 3.93. The van der Waals surface area contributed by atoms with Crippen molar-refractivity contribution < 1.29 is 5.11 Å². The van der Waals surface area contributed by atoms with Crippen molar-refractivity contribution in [3.05, 3.63) is 24.0 Å². The molecule has 1 rings (SSSR count). The van der Waals surface area contributed by atoms with Gasteiger partial charge in [0.15, 0.2) is 0 Å². The number of hydrazine groups is 1. The maximum atomic E-state index is 8.49. The second-order valence-corrected chi connectivity index (χ2v) is 1.48. The first-order valence-corrected chi connectivity index (χ1v) is 2.41. The zero-order valence-corrected chi connectivity index (χ0v) is 4.39. The van der Waals surface area contributed by atoms with Crippen molar-refractivity contribution in [3.63, 3.8) is 0 Å². The molecule has 1 heterocycles. The van der Waals surface area contributed by atoms with Gasteiger partial charge in [-0.2, -0.15) is 0 Å². The van der Waals surface area contributed by atoms with Crippen LogP contribution in [0.2, 0.25) is 0 Å². The lowest BCUT2D eigenvalue weighted by Gasteiger charge is -2.09. The highest BCUT2D eigenvalue weighted by Gasteiger charge is 1.91. The van der Waals surface area contributed by atoms with Crippen molar-refractivity contribution in [2.24, 2.45) is 0 Å². The molecule has 0 atom stereocenters. The summed E-state index contributed by atoms with van der Waals surface area (Å²) < 4.78 is 0. The standard InChI is InChI=1S/C5H8N2O/c8-4-5-2-1-3-6-7-5/h1-3,6-8H,4H2. The molecular formula is C5H8N2O. The molecule has 0 fully saturated rings. The summed E-state index contributed by atoms with van der Waals surface area (Å²) in [7, 11) is 0. The Labute approximate surface area is 47.7 Å². The fraction of sp³-hybridized carbons (Fsp3) is 0.200. The minimum atomic E-state index is 0.0529.